The highest BCUT2D eigenvalue weighted by Crippen LogP contribution is 2.42. The number of nitrogens with zero attached hydrogens (tertiary/aromatic N) is 1. The van der Waals surface area contributed by atoms with Crippen molar-refractivity contribution >= 4 is 5.97 Å². The molecule has 0 unspecified atom stereocenters. The van der Waals surface area contributed by atoms with Crippen molar-refractivity contribution in [3.8, 4) is 0 Å². The Bertz CT molecular complexity index is 356. The van der Waals surface area contributed by atoms with Gasteiger partial charge in [0.1, 0.15) is 13.2 Å². The monoisotopic (exact) mass is 417 g/mol. The maximum absolute atomic E-state index is 12.9. The maximum Gasteiger partial charge on any atom is 0.309 e. The lowest BCUT2D eigenvalue weighted by molar-refractivity contribution is -0.925. The number of carbonyl (C=O) groups excluding carboxylic acids is 1. The molecule has 2 aliphatic carbocycles. The highest BCUT2D eigenvalue weighted by atomic mass is 79.9. The fourth-order valence-corrected chi connectivity index (χ4v) is 5.28. The van der Waals surface area contributed by atoms with Crippen molar-refractivity contribution in [2.75, 3.05) is 32.8 Å². The van der Waals surface area contributed by atoms with Crippen LogP contribution in [0.25, 0.3) is 0 Å². The predicted molar refractivity (Wildman–Crippen MR) is 99.7 cm³/mol. The number of quaternary nitrogens is 1. The van der Waals surface area contributed by atoms with Gasteiger partial charge in [0.15, 0.2) is 0 Å². The van der Waals surface area contributed by atoms with Crippen molar-refractivity contribution < 1.29 is 31.0 Å². The molecule has 0 aromatic carbocycles. The third kappa shape index (κ3) is 6.23. The zero-order valence-electron chi connectivity index (χ0n) is 16.8. The topological polar surface area (TPSA) is 26.3 Å². The predicted octanol–water partition coefficient (Wildman–Crippen LogP) is 1.80. The Kier molecular flexibility index (Phi) is 10.6. The van der Waals surface area contributed by atoms with E-state index in [-0.39, 0.29) is 28.9 Å². The van der Waals surface area contributed by atoms with E-state index in [2.05, 4.69) is 20.8 Å². The summed E-state index contributed by atoms with van der Waals surface area (Å²) in [5.74, 6) is 1.54. The lowest BCUT2D eigenvalue weighted by Gasteiger charge is -2.36. The molecule has 0 spiro atoms. The quantitative estimate of drug-likeness (QED) is 0.400. The molecule has 0 aromatic heterocycles. The lowest BCUT2D eigenvalue weighted by atomic mass is 9.79. The number of rotatable bonds is 10. The van der Waals surface area contributed by atoms with Gasteiger partial charge in [-0.15, -0.1) is 0 Å². The second-order valence-electron chi connectivity index (χ2n) is 8.20. The molecule has 148 valence electrons. The molecule has 0 aliphatic heterocycles. The molecule has 3 nitrogen and oxygen atoms in total. The van der Waals surface area contributed by atoms with Gasteiger partial charge in [0.25, 0.3) is 0 Å². The highest BCUT2D eigenvalue weighted by molar-refractivity contribution is 5.73. The van der Waals surface area contributed by atoms with E-state index >= 15 is 0 Å². The van der Waals surface area contributed by atoms with E-state index in [1.165, 1.54) is 64.3 Å². The second kappa shape index (κ2) is 11.6. The summed E-state index contributed by atoms with van der Waals surface area (Å²) in [5.41, 5.74) is 0. The number of hydrogen-bond donors (Lipinski definition) is 0. The summed E-state index contributed by atoms with van der Waals surface area (Å²) in [6.07, 6.45) is 11.4. The first-order chi connectivity index (χ1) is 11.7. The van der Waals surface area contributed by atoms with Gasteiger partial charge in [-0.05, 0) is 57.8 Å². The molecule has 0 radical (unpaired) electrons. The minimum absolute atomic E-state index is 0. The van der Waals surface area contributed by atoms with Crippen LogP contribution in [0.2, 0.25) is 0 Å². The number of halogens is 1. The van der Waals surface area contributed by atoms with Crippen LogP contribution in [0.4, 0.5) is 0 Å². The van der Waals surface area contributed by atoms with Crippen LogP contribution in [0, 0.1) is 17.8 Å². The number of hydrogen-bond acceptors (Lipinski definition) is 2. The summed E-state index contributed by atoms with van der Waals surface area (Å²) >= 11 is 0. The minimum Gasteiger partial charge on any atom is -1.00 e. The smallest absolute Gasteiger partial charge is 0.309 e. The number of ether oxygens (including phenoxy) is 1. The van der Waals surface area contributed by atoms with Gasteiger partial charge in [-0.2, -0.15) is 0 Å². The van der Waals surface area contributed by atoms with Crippen molar-refractivity contribution in [1.82, 2.24) is 0 Å². The van der Waals surface area contributed by atoms with Crippen LogP contribution in [0.5, 0.6) is 0 Å². The third-order valence-corrected chi connectivity index (χ3v) is 6.94. The standard InChI is InChI=1S/C21H40NO2.BrH/c1-4-15-22(5-2,6-3)16-17-24-21(23)20(18-11-7-8-12-18)19-13-9-10-14-19;/h18-20H,4-17H2,1-3H3;1H/q+1;/p-1. The first-order valence-electron chi connectivity index (χ1n) is 10.7. The van der Waals surface area contributed by atoms with Crippen molar-refractivity contribution in [2.24, 2.45) is 17.8 Å². The Morgan fingerprint density at radius 2 is 1.40 bits per heavy atom. The molecule has 0 heterocycles. The lowest BCUT2D eigenvalue weighted by Crippen LogP contribution is -3.00. The molecule has 25 heavy (non-hydrogen) atoms. The van der Waals surface area contributed by atoms with Crippen molar-refractivity contribution in [1.29, 1.82) is 0 Å². The number of esters is 1. The molecule has 0 atom stereocenters. The minimum atomic E-state index is 0. The molecule has 4 heteroatoms. The van der Waals surface area contributed by atoms with Gasteiger partial charge in [0.05, 0.1) is 25.6 Å². The summed E-state index contributed by atoms with van der Waals surface area (Å²) in [6.45, 7) is 11.8. The molecule has 0 saturated heterocycles. The molecule has 2 aliphatic rings. The van der Waals surface area contributed by atoms with Gasteiger partial charge in [0, 0.05) is 0 Å². The van der Waals surface area contributed by atoms with Crippen LogP contribution < -0.4 is 17.0 Å². The number of carbonyl (C=O) groups is 1. The first-order valence-corrected chi connectivity index (χ1v) is 10.7. The van der Waals surface area contributed by atoms with Gasteiger partial charge in [-0.1, -0.05) is 32.6 Å². The second-order valence-corrected chi connectivity index (χ2v) is 8.20. The molecule has 2 fully saturated rings. The van der Waals surface area contributed by atoms with Crippen LogP contribution in [0.15, 0.2) is 0 Å². The van der Waals surface area contributed by atoms with E-state index in [9.17, 15) is 4.79 Å². The van der Waals surface area contributed by atoms with Crippen LogP contribution in [-0.2, 0) is 9.53 Å². The summed E-state index contributed by atoms with van der Waals surface area (Å²) in [6, 6.07) is 0. The van der Waals surface area contributed by atoms with Gasteiger partial charge in [-0.3, -0.25) is 4.79 Å². The Balaban J connectivity index is 0.00000312. The number of likely N-dealkylation sites (N-methyl/N-ethyl adjacent to an activating group) is 1. The van der Waals surface area contributed by atoms with Gasteiger partial charge < -0.3 is 26.2 Å². The van der Waals surface area contributed by atoms with Crippen LogP contribution in [-0.4, -0.2) is 43.2 Å². The van der Waals surface area contributed by atoms with Crippen molar-refractivity contribution in [3.63, 3.8) is 0 Å². The van der Waals surface area contributed by atoms with Gasteiger partial charge in [0.2, 0.25) is 0 Å². The zero-order valence-corrected chi connectivity index (χ0v) is 18.4. The SMILES string of the molecule is CCC[N+](CC)(CC)CCOC(=O)C(C1CCCC1)C1CCCC1.[Br-]. The summed E-state index contributed by atoms with van der Waals surface area (Å²) in [5, 5.41) is 0. The fraction of sp³-hybridized carbons (Fsp3) is 0.952. The average molecular weight is 418 g/mol. The van der Waals surface area contributed by atoms with E-state index in [0.29, 0.717) is 18.4 Å². The van der Waals surface area contributed by atoms with Crippen LogP contribution in [0.3, 0.4) is 0 Å². The molecule has 2 saturated carbocycles. The normalized spacial score (nSPS) is 19.4. The van der Waals surface area contributed by atoms with E-state index in [1.54, 1.807) is 0 Å². The molecule has 0 aromatic rings. The molecule has 0 amide bonds. The highest BCUT2D eigenvalue weighted by Gasteiger charge is 2.39. The van der Waals surface area contributed by atoms with Crippen molar-refractivity contribution in [2.45, 2.75) is 78.6 Å². The average Bonchev–Trinajstić information content (AvgIpc) is 3.29. The molecular formula is C21H40BrNO2. The summed E-state index contributed by atoms with van der Waals surface area (Å²) in [4.78, 5) is 12.9. The van der Waals surface area contributed by atoms with E-state index < -0.39 is 0 Å². The molecule has 0 bridgehead atoms. The van der Waals surface area contributed by atoms with E-state index in [0.717, 1.165) is 24.1 Å². The molecular weight excluding hydrogens is 378 g/mol. The Hall–Kier alpha value is -0.0900. The first kappa shape index (κ1) is 23.0. The van der Waals surface area contributed by atoms with E-state index in [1.807, 2.05) is 0 Å². The Morgan fingerprint density at radius 1 is 0.920 bits per heavy atom. The zero-order chi connectivity index (χ0) is 17.4. The van der Waals surface area contributed by atoms with E-state index in [4.69, 9.17) is 4.74 Å². The van der Waals surface area contributed by atoms with Crippen molar-refractivity contribution in [3.05, 3.63) is 0 Å². The van der Waals surface area contributed by atoms with Gasteiger partial charge >= 0.3 is 5.97 Å². The van der Waals surface area contributed by atoms with Gasteiger partial charge in [-0.25, -0.2) is 0 Å². The Labute approximate surface area is 166 Å². The summed E-state index contributed by atoms with van der Waals surface area (Å²) < 4.78 is 6.96. The largest absolute Gasteiger partial charge is 1.00 e. The van der Waals surface area contributed by atoms with Crippen LogP contribution in [0.1, 0.15) is 78.6 Å². The molecule has 0 N–H and O–H groups in total. The fourth-order valence-electron chi connectivity index (χ4n) is 5.28. The Morgan fingerprint density at radius 3 is 1.80 bits per heavy atom. The van der Waals surface area contributed by atoms with Crippen LogP contribution >= 0.6 is 0 Å². The summed E-state index contributed by atoms with van der Waals surface area (Å²) in [7, 11) is 0. The third-order valence-electron chi connectivity index (χ3n) is 6.94. The maximum atomic E-state index is 12.9. The molecule has 2 rings (SSSR count).